The van der Waals surface area contributed by atoms with E-state index in [1.165, 1.54) is 0 Å². The van der Waals surface area contributed by atoms with Gasteiger partial charge in [0.15, 0.2) is 11.6 Å². The van der Waals surface area contributed by atoms with Crippen LogP contribution in [0.2, 0.25) is 0 Å². The second-order valence-electron chi connectivity index (χ2n) is 4.39. The maximum absolute atomic E-state index is 13.3. The lowest BCUT2D eigenvalue weighted by Gasteiger charge is -2.10. The summed E-state index contributed by atoms with van der Waals surface area (Å²) in [5, 5.41) is 11.5. The first-order chi connectivity index (χ1) is 9.90. The summed E-state index contributed by atoms with van der Waals surface area (Å²) in [6, 6.07) is 7.89. The molecule has 0 aliphatic rings. The van der Waals surface area contributed by atoms with E-state index in [4.69, 9.17) is 5.11 Å². The van der Waals surface area contributed by atoms with Crippen LogP contribution < -0.4 is 5.32 Å². The van der Waals surface area contributed by atoms with E-state index in [0.717, 1.165) is 5.56 Å². The lowest BCUT2D eigenvalue weighted by Crippen LogP contribution is -2.18. The SMILES string of the molecule is Cc1ccccc1NC(=O)c1cc(F)c(F)cc1C(=O)O. The van der Waals surface area contributed by atoms with Gasteiger partial charge in [-0.2, -0.15) is 0 Å². The number of nitrogens with one attached hydrogen (secondary N) is 1. The van der Waals surface area contributed by atoms with Crippen molar-refractivity contribution in [3.63, 3.8) is 0 Å². The molecule has 0 saturated heterocycles. The van der Waals surface area contributed by atoms with E-state index < -0.39 is 34.6 Å². The summed E-state index contributed by atoms with van der Waals surface area (Å²) in [7, 11) is 0. The lowest BCUT2D eigenvalue weighted by atomic mass is 10.1. The standard InChI is InChI=1S/C15H11F2NO3/c1-8-4-2-3-5-13(8)18-14(19)9-6-11(16)12(17)7-10(9)15(20)21/h2-7H,1H3,(H,18,19)(H,20,21). The molecule has 2 aromatic carbocycles. The molecule has 0 heterocycles. The first-order valence-corrected chi connectivity index (χ1v) is 5.99. The number of amides is 1. The van der Waals surface area contributed by atoms with E-state index in [9.17, 15) is 18.4 Å². The Labute approximate surface area is 119 Å². The van der Waals surface area contributed by atoms with Gasteiger partial charge in [0.05, 0.1) is 11.1 Å². The largest absolute Gasteiger partial charge is 0.478 e. The molecule has 6 heteroatoms. The Morgan fingerprint density at radius 2 is 1.62 bits per heavy atom. The Balaban J connectivity index is 2.42. The van der Waals surface area contributed by atoms with E-state index in [1.807, 2.05) is 0 Å². The molecule has 0 atom stereocenters. The summed E-state index contributed by atoms with van der Waals surface area (Å²) in [6.07, 6.45) is 0. The average molecular weight is 291 g/mol. The molecule has 0 aliphatic carbocycles. The van der Waals surface area contributed by atoms with Crippen molar-refractivity contribution < 1.29 is 23.5 Å². The van der Waals surface area contributed by atoms with Crippen LogP contribution in [-0.4, -0.2) is 17.0 Å². The Bertz CT molecular complexity index is 729. The number of carbonyl (C=O) groups is 2. The van der Waals surface area contributed by atoms with Crippen LogP contribution in [0.5, 0.6) is 0 Å². The number of para-hydroxylation sites is 1. The quantitative estimate of drug-likeness (QED) is 0.912. The van der Waals surface area contributed by atoms with Crippen molar-refractivity contribution in [3.8, 4) is 0 Å². The summed E-state index contributed by atoms with van der Waals surface area (Å²) in [4.78, 5) is 23.1. The molecule has 2 rings (SSSR count). The molecule has 0 fully saturated rings. The predicted molar refractivity (Wildman–Crippen MR) is 72.4 cm³/mol. The van der Waals surface area contributed by atoms with Crippen molar-refractivity contribution in [3.05, 3.63) is 64.7 Å². The molecule has 1 amide bonds. The van der Waals surface area contributed by atoms with Gasteiger partial charge in [-0.1, -0.05) is 18.2 Å². The van der Waals surface area contributed by atoms with Crippen molar-refractivity contribution >= 4 is 17.6 Å². The van der Waals surface area contributed by atoms with Crippen LogP contribution in [0.4, 0.5) is 14.5 Å². The van der Waals surface area contributed by atoms with E-state index in [1.54, 1.807) is 31.2 Å². The Hall–Kier alpha value is -2.76. The molecule has 0 bridgehead atoms. The minimum absolute atomic E-state index is 0.440. The number of aryl methyl sites for hydroxylation is 1. The van der Waals surface area contributed by atoms with Crippen LogP contribution in [0.25, 0.3) is 0 Å². The minimum atomic E-state index is -1.51. The molecule has 0 aliphatic heterocycles. The van der Waals surface area contributed by atoms with Crippen molar-refractivity contribution in [2.45, 2.75) is 6.92 Å². The molecular weight excluding hydrogens is 280 g/mol. The van der Waals surface area contributed by atoms with Gasteiger partial charge >= 0.3 is 5.97 Å². The van der Waals surface area contributed by atoms with Gasteiger partial charge in [0.1, 0.15) is 0 Å². The van der Waals surface area contributed by atoms with Crippen molar-refractivity contribution in [2.75, 3.05) is 5.32 Å². The summed E-state index contributed by atoms with van der Waals surface area (Å²) in [5.41, 5.74) is 0.179. The number of hydrogen-bond donors (Lipinski definition) is 2. The Morgan fingerprint density at radius 3 is 2.19 bits per heavy atom. The topological polar surface area (TPSA) is 66.4 Å². The van der Waals surface area contributed by atoms with Gasteiger partial charge in [0, 0.05) is 5.69 Å². The van der Waals surface area contributed by atoms with Gasteiger partial charge in [-0.3, -0.25) is 4.79 Å². The number of halogens is 2. The Kier molecular flexibility index (Phi) is 3.98. The van der Waals surface area contributed by atoms with Gasteiger partial charge in [-0.25, -0.2) is 13.6 Å². The number of carboxylic acid groups (broad SMARTS) is 1. The van der Waals surface area contributed by atoms with Crippen LogP contribution in [0, 0.1) is 18.6 Å². The number of carbonyl (C=O) groups excluding carboxylic acids is 1. The van der Waals surface area contributed by atoms with Crippen LogP contribution in [0.1, 0.15) is 26.3 Å². The molecule has 4 nitrogen and oxygen atoms in total. The summed E-state index contributed by atoms with van der Waals surface area (Å²) in [5.74, 6) is -4.93. The smallest absolute Gasteiger partial charge is 0.336 e. The van der Waals surface area contributed by atoms with E-state index in [-0.39, 0.29) is 0 Å². The third-order valence-electron chi connectivity index (χ3n) is 2.93. The molecule has 2 N–H and O–H groups in total. The number of aromatic carboxylic acids is 1. The van der Waals surface area contributed by atoms with Crippen molar-refractivity contribution in [2.24, 2.45) is 0 Å². The van der Waals surface area contributed by atoms with Crippen LogP contribution in [0.3, 0.4) is 0 Å². The zero-order valence-electron chi connectivity index (χ0n) is 11.0. The highest BCUT2D eigenvalue weighted by Gasteiger charge is 2.20. The highest BCUT2D eigenvalue weighted by atomic mass is 19.2. The second-order valence-corrected chi connectivity index (χ2v) is 4.39. The highest BCUT2D eigenvalue weighted by Crippen LogP contribution is 2.19. The molecule has 0 aromatic heterocycles. The van der Waals surface area contributed by atoms with E-state index in [0.29, 0.717) is 17.8 Å². The molecule has 21 heavy (non-hydrogen) atoms. The van der Waals surface area contributed by atoms with Gasteiger partial charge in [0.25, 0.3) is 5.91 Å². The highest BCUT2D eigenvalue weighted by molar-refractivity contribution is 6.10. The van der Waals surface area contributed by atoms with E-state index >= 15 is 0 Å². The second kappa shape index (κ2) is 5.70. The molecule has 0 spiro atoms. The normalized spacial score (nSPS) is 10.2. The molecule has 0 unspecified atom stereocenters. The van der Waals surface area contributed by atoms with Crippen LogP contribution in [0.15, 0.2) is 36.4 Å². The van der Waals surface area contributed by atoms with Crippen LogP contribution >= 0.6 is 0 Å². The molecule has 0 saturated carbocycles. The van der Waals surface area contributed by atoms with Crippen molar-refractivity contribution in [1.82, 2.24) is 0 Å². The van der Waals surface area contributed by atoms with Gasteiger partial charge < -0.3 is 10.4 Å². The first-order valence-electron chi connectivity index (χ1n) is 5.99. The lowest BCUT2D eigenvalue weighted by molar-refractivity contribution is 0.0691. The van der Waals surface area contributed by atoms with Crippen LogP contribution in [-0.2, 0) is 0 Å². The zero-order chi connectivity index (χ0) is 15.6. The van der Waals surface area contributed by atoms with Gasteiger partial charge in [-0.15, -0.1) is 0 Å². The number of carboxylic acids is 1. The minimum Gasteiger partial charge on any atom is -0.478 e. The fourth-order valence-electron chi connectivity index (χ4n) is 1.81. The Morgan fingerprint density at radius 1 is 1.05 bits per heavy atom. The maximum atomic E-state index is 13.3. The number of hydrogen-bond acceptors (Lipinski definition) is 2. The zero-order valence-corrected chi connectivity index (χ0v) is 11.0. The fourth-order valence-corrected chi connectivity index (χ4v) is 1.81. The summed E-state index contributed by atoms with van der Waals surface area (Å²) < 4.78 is 26.4. The summed E-state index contributed by atoms with van der Waals surface area (Å²) in [6.45, 7) is 1.75. The molecule has 0 radical (unpaired) electrons. The summed E-state index contributed by atoms with van der Waals surface area (Å²) >= 11 is 0. The first kappa shape index (κ1) is 14.6. The van der Waals surface area contributed by atoms with Gasteiger partial charge in [-0.05, 0) is 30.7 Å². The van der Waals surface area contributed by atoms with Crippen molar-refractivity contribution in [1.29, 1.82) is 0 Å². The fraction of sp³-hybridized carbons (Fsp3) is 0.0667. The van der Waals surface area contributed by atoms with E-state index in [2.05, 4.69) is 5.32 Å². The van der Waals surface area contributed by atoms with Gasteiger partial charge in [0.2, 0.25) is 0 Å². The molecular formula is C15H11F2NO3. The molecule has 2 aromatic rings. The third kappa shape index (κ3) is 3.05. The molecule has 108 valence electrons. The predicted octanol–water partition coefficient (Wildman–Crippen LogP) is 3.22. The average Bonchev–Trinajstić information content (AvgIpc) is 2.43. The third-order valence-corrected chi connectivity index (χ3v) is 2.93. The number of benzene rings is 2. The maximum Gasteiger partial charge on any atom is 0.336 e. The number of anilines is 1. The monoisotopic (exact) mass is 291 g/mol. The number of rotatable bonds is 3.